The summed E-state index contributed by atoms with van der Waals surface area (Å²) < 4.78 is 7.16. The van der Waals surface area contributed by atoms with Gasteiger partial charge >= 0.3 is 0 Å². The third kappa shape index (κ3) is 5.33. The maximum absolute atomic E-state index is 13.0. The standard InChI is InChI=1S/C29H35N7O2/c1-3-4-22-5-8-27(32-17-22)36-21(2)25(19-33-36)28(37)34-23-6-7-26(31-18-23)29(20-30)11-9-24(10-12-29)35-13-15-38-16-14-35/h5-8,17-19,24H,3-4,9-16H2,1-2H3,(H,34,37)/t24-,29-. The normalized spacial score (nSPS) is 22.1. The number of anilines is 1. The molecule has 0 unspecified atom stereocenters. The third-order valence-electron chi connectivity index (χ3n) is 7.92. The first-order chi connectivity index (χ1) is 18.5. The molecule has 5 rings (SSSR count). The molecule has 198 valence electrons. The van der Waals surface area contributed by atoms with Crippen molar-refractivity contribution in [3.05, 3.63) is 65.4 Å². The highest BCUT2D eigenvalue weighted by Gasteiger charge is 2.40. The van der Waals surface area contributed by atoms with Crippen molar-refractivity contribution in [2.75, 3.05) is 31.6 Å². The first kappa shape index (κ1) is 26.0. The van der Waals surface area contributed by atoms with Gasteiger partial charge in [-0.05, 0) is 62.8 Å². The molecule has 4 heterocycles. The van der Waals surface area contributed by atoms with E-state index in [1.807, 2.05) is 37.4 Å². The minimum Gasteiger partial charge on any atom is -0.379 e. The Kier molecular flexibility index (Phi) is 7.82. The lowest BCUT2D eigenvalue weighted by atomic mass is 9.71. The van der Waals surface area contributed by atoms with Crippen molar-refractivity contribution in [2.45, 2.75) is 63.8 Å². The van der Waals surface area contributed by atoms with Crippen LogP contribution in [-0.4, -0.2) is 62.9 Å². The summed E-state index contributed by atoms with van der Waals surface area (Å²) in [7, 11) is 0. The number of aromatic nitrogens is 4. The number of amides is 1. The summed E-state index contributed by atoms with van der Waals surface area (Å²) in [5, 5.41) is 17.4. The molecule has 0 atom stereocenters. The maximum Gasteiger partial charge on any atom is 0.259 e. The fraction of sp³-hybridized carbons (Fsp3) is 0.483. The van der Waals surface area contributed by atoms with Gasteiger partial charge in [-0.1, -0.05) is 19.4 Å². The molecule has 38 heavy (non-hydrogen) atoms. The zero-order valence-corrected chi connectivity index (χ0v) is 22.2. The van der Waals surface area contributed by atoms with Crippen LogP contribution in [0.5, 0.6) is 0 Å². The Morgan fingerprint density at radius 3 is 2.55 bits per heavy atom. The SMILES string of the molecule is CCCc1ccc(-n2ncc(C(=O)Nc3ccc([C@]4(C#N)CC[C@@H](N5CCOCC5)CC4)nc3)c2C)nc1. The van der Waals surface area contributed by atoms with Crippen LogP contribution in [0, 0.1) is 18.3 Å². The van der Waals surface area contributed by atoms with E-state index in [1.165, 1.54) is 5.56 Å². The van der Waals surface area contributed by atoms with Crippen LogP contribution in [0.2, 0.25) is 0 Å². The van der Waals surface area contributed by atoms with Gasteiger partial charge in [-0.25, -0.2) is 9.67 Å². The van der Waals surface area contributed by atoms with Gasteiger partial charge in [-0.3, -0.25) is 14.7 Å². The number of carbonyl (C=O) groups excluding carboxylic acids is 1. The third-order valence-corrected chi connectivity index (χ3v) is 7.92. The van der Waals surface area contributed by atoms with Crippen LogP contribution in [0.25, 0.3) is 5.82 Å². The van der Waals surface area contributed by atoms with Crippen molar-refractivity contribution in [1.82, 2.24) is 24.6 Å². The molecular formula is C29H35N7O2. The van der Waals surface area contributed by atoms with E-state index in [1.54, 1.807) is 17.1 Å². The zero-order valence-electron chi connectivity index (χ0n) is 22.2. The van der Waals surface area contributed by atoms with Crippen LogP contribution in [0.15, 0.2) is 42.9 Å². The monoisotopic (exact) mass is 513 g/mol. The number of rotatable bonds is 7. The maximum atomic E-state index is 13.0. The molecule has 0 radical (unpaired) electrons. The predicted octanol–water partition coefficient (Wildman–Crippen LogP) is 4.21. The Hall–Kier alpha value is -3.61. The number of ether oxygens (including phenoxy) is 1. The molecule has 1 saturated carbocycles. The van der Waals surface area contributed by atoms with Gasteiger partial charge in [-0.15, -0.1) is 0 Å². The first-order valence-electron chi connectivity index (χ1n) is 13.5. The van der Waals surface area contributed by atoms with Crippen LogP contribution in [0.4, 0.5) is 5.69 Å². The number of aryl methyl sites for hydroxylation is 1. The van der Waals surface area contributed by atoms with Crippen molar-refractivity contribution >= 4 is 11.6 Å². The molecule has 1 aliphatic carbocycles. The van der Waals surface area contributed by atoms with E-state index in [-0.39, 0.29) is 5.91 Å². The summed E-state index contributed by atoms with van der Waals surface area (Å²) >= 11 is 0. The van der Waals surface area contributed by atoms with Crippen LogP contribution < -0.4 is 5.32 Å². The Balaban J connectivity index is 1.23. The molecule has 2 aliphatic rings. The second-order valence-electron chi connectivity index (χ2n) is 10.3. The molecule has 0 bridgehead atoms. The van der Waals surface area contributed by atoms with Crippen molar-refractivity contribution < 1.29 is 9.53 Å². The fourth-order valence-corrected chi connectivity index (χ4v) is 5.62. The van der Waals surface area contributed by atoms with Gasteiger partial charge < -0.3 is 10.1 Å². The lowest BCUT2D eigenvalue weighted by Gasteiger charge is -2.41. The summed E-state index contributed by atoms with van der Waals surface area (Å²) in [4.78, 5) is 24.7. The Morgan fingerprint density at radius 2 is 1.92 bits per heavy atom. The van der Waals surface area contributed by atoms with Crippen molar-refractivity contribution in [3.63, 3.8) is 0 Å². The Labute approximate surface area is 223 Å². The Bertz CT molecular complexity index is 1280. The molecule has 0 spiro atoms. The van der Waals surface area contributed by atoms with Crippen molar-refractivity contribution in [3.8, 4) is 11.9 Å². The van der Waals surface area contributed by atoms with Gasteiger partial charge in [0.2, 0.25) is 0 Å². The van der Waals surface area contributed by atoms with Gasteiger partial charge in [0.05, 0.1) is 59.7 Å². The average Bonchev–Trinajstić information content (AvgIpc) is 3.36. The highest BCUT2D eigenvalue weighted by Crippen LogP contribution is 2.40. The molecule has 2 fully saturated rings. The number of hydrogen-bond acceptors (Lipinski definition) is 7. The van der Waals surface area contributed by atoms with E-state index >= 15 is 0 Å². The lowest BCUT2D eigenvalue weighted by molar-refractivity contribution is 0.00493. The molecule has 1 amide bonds. The largest absolute Gasteiger partial charge is 0.379 e. The minimum absolute atomic E-state index is 0.257. The number of hydrogen-bond donors (Lipinski definition) is 1. The lowest BCUT2D eigenvalue weighted by Crippen LogP contribution is -2.47. The van der Waals surface area contributed by atoms with Crippen molar-refractivity contribution in [2.24, 2.45) is 0 Å². The zero-order chi connectivity index (χ0) is 26.5. The van der Waals surface area contributed by atoms with Gasteiger partial charge in [-0.2, -0.15) is 10.4 Å². The summed E-state index contributed by atoms with van der Waals surface area (Å²) in [5.41, 5.74) is 3.15. The smallest absolute Gasteiger partial charge is 0.259 e. The predicted molar refractivity (Wildman–Crippen MR) is 144 cm³/mol. The number of nitriles is 1. The van der Waals surface area contributed by atoms with E-state index in [0.717, 1.165) is 70.5 Å². The number of morpholine rings is 1. The molecule has 3 aromatic heterocycles. The van der Waals surface area contributed by atoms with E-state index in [0.29, 0.717) is 28.8 Å². The second kappa shape index (κ2) is 11.4. The van der Waals surface area contributed by atoms with E-state index in [4.69, 9.17) is 4.74 Å². The minimum atomic E-state index is -0.581. The van der Waals surface area contributed by atoms with Gasteiger partial charge in [0.15, 0.2) is 5.82 Å². The molecule has 1 saturated heterocycles. The topological polar surface area (TPSA) is 109 Å². The van der Waals surface area contributed by atoms with Gasteiger partial charge in [0.25, 0.3) is 5.91 Å². The molecule has 0 aromatic carbocycles. The second-order valence-corrected chi connectivity index (χ2v) is 10.3. The van der Waals surface area contributed by atoms with Crippen LogP contribution >= 0.6 is 0 Å². The van der Waals surface area contributed by atoms with E-state index < -0.39 is 5.41 Å². The van der Waals surface area contributed by atoms with Crippen LogP contribution in [0.1, 0.15) is 66.3 Å². The van der Waals surface area contributed by atoms with Crippen LogP contribution in [0.3, 0.4) is 0 Å². The van der Waals surface area contributed by atoms with Gasteiger partial charge in [0, 0.05) is 25.3 Å². The van der Waals surface area contributed by atoms with Crippen LogP contribution in [-0.2, 0) is 16.6 Å². The molecular weight excluding hydrogens is 478 g/mol. The molecule has 9 heteroatoms. The number of pyridine rings is 2. The summed E-state index contributed by atoms with van der Waals surface area (Å²) in [5.74, 6) is 0.421. The number of nitrogens with one attached hydrogen (secondary N) is 1. The summed E-state index contributed by atoms with van der Waals surface area (Å²) in [6.45, 7) is 7.51. The van der Waals surface area contributed by atoms with E-state index in [2.05, 4.69) is 38.3 Å². The molecule has 3 aromatic rings. The van der Waals surface area contributed by atoms with Gasteiger partial charge in [0.1, 0.15) is 0 Å². The quantitative estimate of drug-likeness (QED) is 0.504. The highest BCUT2D eigenvalue weighted by atomic mass is 16.5. The molecule has 9 nitrogen and oxygen atoms in total. The fourth-order valence-electron chi connectivity index (χ4n) is 5.62. The molecule has 1 aliphatic heterocycles. The number of nitrogens with zero attached hydrogens (tertiary/aromatic N) is 6. The summed E-state index contributed by atoms with van der Waals surface area (Å²) in [6, 6.07) is 10.8. The first-order valence-corrected chi connectivity index (χ1v) is 13.5. The average molecular weight is 514 g/mol. The summed E-state index contributed by atoms with van der Waals surface area (Å²) in [6.07, 6.45) is 10.6. The number of carbonyl (C=O) groups is 1. The van der Waals surface area contributed by atoms with Crippen molar-refractivity contribution in [1.29, 1.82) is 5.26 Å². The highest BCUT2D eigenvalue weighted by molar-refractivity contribution is 6.04. The van der Waals surface area contributed by atoms with E-state index in [9.17, 15) is 10.1 Å². The Morgan fingerprint density at radius 1 is 1.13 bits per heavy atom. The molecule has 1 N–H and O–H groups in total.